The monoisotopic (exact) mass is 636 g/mol. The molecule has 0 N–H and O–H groups in total. The molecule has 0 aliphatic carbocycles. The zero-order chi connectivity index (χ0) is 33.0. The minimum Gasteiger partial charge on any atom is -0.309 e. The molecule has 0 saturated carbocycles. The van der Waals surface area contributed by atoms with E-state index in [4.69, 9.17) is 0 Å². The molecule has 8 aromatic carbocycles. The molecule has 10 rings (SSSR count). The van der Waals surface area contributed by atoms with Crippen LogP contribution in [-0.2, 0) is 0 Å². The number of rotatable bonds is 5. The lowest BCUT2D eigenvalue weighted by Crippen LogP contribution is -1.96. The first-order valence-electron chi connectivity index (χ1n) is 17.2. The molecule has 0 amide bonds. The zero-order valence-corrected chi connectivity index (χ0v) is 27.4. The van der Waals surface area contributed by atoms with Gasteiger partial charge in [0.05, 0.1) is 22.1 Å². The van der Waals surface area contributed by atoms with Gasteiger partial charge < -0.3 is 9.13 Å². The largest absolute Gasteiger partial charge is 0.309 e. The van der Waals surface area contributed by atoms with E-state index in [1.165, 1.54) is 77.0 Å². The summed E-state index contributed by atoms with van der Waals surface area (Å²) in [6.45, 7) is 0. The maximum absolute atomic E-state index is 2.46. The summed E-state index contributed by atoms with van der Waals surface area (Å²) >= 11 is 0. The number of para-hydroxylation sites is 1. The molecule has 2 heterocycles. The topological polar surface area (TPSA) is 9.86 Å². The van der Waals surface area contributed by atoms with Crippen LogP contribution in [0.3, 0.4) is 0 Å². The summed E-state index contributed by atoms with van der Waals surface area (Å²) in [6, 6.07) is 70.4. The van der Waals surface area contributed by atoms with Gasteiger partial charge in [-0.05, 0) is 81.9 Å². The van der Waals surface area contributed by atoms with Crippen molar-refractivity contribution < 1.29 is 0 Å². The smallest absolute Gasteiger partial charge is 0.0548 e. The van der Waals surface area contributed by atoms with Crippen LogP contribution in [-0.4, -0.2) is 9.13 Å². The second-order valence-electron chi connectivity index (χ2n) is 13.0. The van der Waals surface area contributed by atoms with Gasteiger partial charge >= 0.3 is 0 Å². The number of benzene rings is 8. The first kappa shape index (κ1) is 28.4. The SMILES string of the molecule is c1ccc(-c2cccc(-n3c4ccccc4c4c5c6ccc(-c7ccccc7)cc6n(-c6cccc(-c7ccccc7)c6)c5ccc43)c2)cc1. The van der Waals surface area contributed by atoms with Gasteiger partial charge in [-0.25, -0.2) is 0 Å². The van der Waals surface area contributed by atoms with Gasteiger partial charge in [0.15, 0.2) is 0 Å². The molecule has 2 nitrogen and oxygen atoms in total. The van der Waals surface area contributed by atoms with Crippen molar-refractivity contribution in [2.24, 2.45) is 0 Å². The Hall–Kier alpha value is -6.64. The first-order valence-corrected chi connectivity index (χ1v) is 17.2. The summed E-state index contributed by atoms with van der Waals surface area (Å²) in [5.74, 6) is 0. The second-order valence-corrected chi connectivity index (χ2v) is 13.0. The molecule has 2 heteroatoms. The lowest BCUT2D eigenvalue weighted by Gasteiger charge is -2.12. The molecule has 0 unspecified atom stereocenters. The quantitative estimate of drug-likeness (QED) is 0.178. The van der Waals surface area contributed by atoms with Gasteiger partial charge in [0.2, 0.25) is 0 Å². The molecule has 0 aliphatic rings. The highest BCUT2D eigenvalue weighted by atomic mass is 15.0. The molecule has 0 saturated heterocycles. The summed E-state index contributed by atoms with van der Waals surface area (Å²) in [4.78, 5) is 0. The molecule has 10 aromatic rings. The molecule has 2 aromatic heterocycles. The van der Waals surface area contributed by atoms with Crippen LogP contribution in [0.5, 0.6) is 0 Å². The average molecular weight is 637 g/mol. The van der Waals surface area contributed by atoms with Gasteiger partial charge in [-0.1, -0.05) is 146 Å². The molecular weight excluding hydrogens is 605 g/mol. The number of hydrogen-bond acceptors (Lipinski definition) is 0. The summed E-state index contributed by atoms with van der Waals surface area (Å²) < 4.78 is 4.90. The second kappa shape index (κ2) is 11.5. The number of hydrogen-bond donors (Lipinski definition) is 0. The Morgan fingerprint density at radius 2 is 0.660 bits per heavy atom. The fourth-order valence-corrected chi connectivity index (χ4v) is 7.84. The number of fused-ring (bicyclic) bond motifs is 7. The van der Waals surface area contributed by atoms with Crippen molar-refractivity contribution in [3.05, 3.63) is 194 Å². The van der Waals surface area contributed by atoms with Crippen LogP contribution in [0.1, 0.15) is 0 Å². The van der Waals surface area contributed by atoms with Crippen LogP contribution < -0.4 is 0 Å². The van der Waals surface area contributed by atoms with Crippen LogP contribution in [0.2, 0.25) is 0 Å². The minimum absolute atomic E-state index is 1.15. The molecule has 234 valence electrons. The van der Waals surface area contributed by atoms with E-state index < -0.39 is 0 Å². The molecule has 0 fully saturated rings. The molecule has 0 aliphatic heterocycles. The van der Waals surface area contributed by atoms with Crippen molar-refractivity contribution in [2.45, 2.75) is 0 Å². The fraction of sp³-hybridized carbons (Fsp3) is 0. The molecule has 0 spiro atoms. The average Bonchev–Trinajstić information content (AvgIpc) is 3.71. The Morgan fingerprint density at radius 1 is 0.240 bits per heavy atom. The van der Waals surface area contributed by atoms with Crippen molar-refractivity contribution in [1.82, 2.24) is 9.13 Å². The fourth-order valence-electron chi connectivity index (χ4n) is 7.84. The molecule has 0 radical (unpaired) electrons. The van der Waals surface area contributed by atoms with E-state index >= 15 is 0 Å². The van der Waals surface area contributed by atoms with Crippen molar-refractivity contribution in [1.29, 1.82) is 0 Å². The molecule has 0 atom stereocenters. The summed E-state index contributed by atoms with van der Waals surface area (Å²) in [7, 11) is 0. The maximum Gasteiger partial charge on any atom is 0.0548 e. The summed E-state index contributed by atoms with van der Waals surface area (Å²) in [5.41, 5.74) is 14.4. The Morgan fingerprint density at radius 3 is 1.20 bits per heavy atom. The van der Waals surface area contributed by atoms with Crippen LogP contribution in [0, 0.1) is 0 Å². The van der Waals surface area contributed by atoms with E-state index in [9.17, 15) is 0 Å². The summed E-state index contributed by atoms with van der Waals surface area (Å²) in [6.07, 6.45) is 0. The van der Waals surface area contributed by atoms with Crippen LogP contribution in [0.4, 0.5) is 0 Å². The third-order valence-electron chi connectivity index (χ3n) is 10.1. The van der Waals surface area contributed by atoms with Crippen LogP contribution in [0.25, 0.3) is 88.4 Å². The minimum atomic E-state index is 1.15. The third kappa shape index (κ3) is 4.50. The van der Waals surface area contributed by atoms with Crippen molar-refractivity contribution in [3.8, 4) is 44.8 Å². The van der Waals surface area contributed by atoms with Gasteiger partial charge in [0, 0.05) is 32.9 Å². The number of aromatic nitrogens is 2. The van der Waals surface area contributed by atoms with E-state index in [1.54, 1.807) is 0 Å². The summed E-state index contributed by atoms with van der Waals surface area (Å²) in [5, 5.41) is 5.05. The van der Waals surface area contributed by atoms with Crippen molar-refractivity contribution >= 4 is 43.6 Å². The van der Waals surface area contributed by atoms with E-state index in [0.717, 1.165) is 11.4 Å². The Balaban J connectivity index is 1.29. The molecular formula is C48H32N2. The maximum atomic E-state index is 2.46. The van der Waals surface area contributed by atoms with E-state index in [2.05, 4.69) is 203 Å². The van der Waals surface area contributed by atoms with Crippen molar-refractivity contribution in [3.63, 3.8) is 0 Å². The van der Waals surface area contributed by atoms with E-state index in [-0.39, 0.29) is 0 Å². The highest BCUT2D eigenvalue weighted by Gasteiger charge is 2.21. The van der Waals surface area contributed by atoms with Gasteiger partial charge in [-0.2, -0.15) is 0 Å². The van der Waals surface area contributed by atoms with Gasteiger partial charge in [0.25, 0.3) is 0 Å². The van der Waals surface area contributed by atoms with E-state index in [1.807, 2.05) is 0 Å². The van der Waals surface area contributed by atoms with Crippen molar-refractivity contribution in [2.75, 3.05) is 0 Å². The lowest BCUT2D eigenvalue weighted by atomic mass is 10.0. The Kier molecular flexibility index (Phi) is 6.53. The van der Waals surface area contributed by atoms with Gasteiger partial charge in [-0.15, -0.1) is 0 Å². The third-order valence-corrected chi connectivity index (χ3v) is 10.1. The molecule has 50 heavy (non-hydrogen) atoms. The van der Waals surface area contributed by atoms with Crippen LogP contribution >= 0.6 is 0 Å². The highest BCUT2D eigenvalue weighted by Crippen LogP contribution is 2.43. The van der Waals surface area contributed by atoms with E-state index in [0.29, 0.717) is 0 Å². The molecule has 0 bridgehead atoms. The normalized spacial score (nSPS) is 11.6. The van der Waals surface area contributed by atoms with Gasteiger partial charge in [0.1, 0.15) is 0 Å². The first-order chi connectivity index (χ1) is 24.8. The lowest BCUT2D eigenvalue weighted by molar-refractivity contribution is 1.17. The highest BCUT2D eigenvalue weighted by molar-refractivity contribution is 6.29. The Labute approximate surface area is 290 Å². The number of nitrogens with zero attached hydrogens (tertiary/aromatic N) is 2. The Bertz CT molecular complexity index is 2840. The zero-order valence-electron chi connectivity index (χ0n) is 27.4. The standard InChI is InChI=1S/C48H32N2/c1-4-14-33(15-5-1)36-20-12-22-39(30-36)49-43-25-11-10-24-41(43)47-44(49)28-29-45-48(47)42-27-26-38(35-18-8-3-9-19-35)32-46(42)50(45)40-23-13-21-37(31-40)34-16-6-2-7-17-34/h1-32H. The van der Waals surface area contributed by atoms with Crippen LogP contribution in [0.15, 0.2) is 194 Å². The predicted molar refractivity (Wildman–Crippen MR) is 211 cm³/mol. The van der Waals surface area contributed by atoms with Gasteiger partial charge in [-0.3, -0.25) is 0 Å². The predicted octanol–water partition coefficient (Wildman–Crippen LogP) is 12.9.